The van der Waals surface area contributed by atoms with Crippen molar-refractivity contribution in [2.24, 2.45) is 0 Å². The molecule has 0 radical (unpaired) electrons. The summed E-state index contributed by atoms with van der Waals surface area (Å²) >= 11 is 0. The summed E-state index contributed by atoms with van der Waals surface area (Å²) in [6.45, 7) is 1.67. The lowest BCUT2D eigenvalue weighted by Gasteiger charge is -2.10. The molecule has 0 atom stereocenters. The number of hydrogen-bond donors (Lipinski definition) is 1. The monoisotopic (exact) mass is 296 g/mol. The van der Waals surface area contributed by atoms with Gasteiger partial charge in [0.15, 0.2) is 0 Å². The van der Waals surface area contributed by atoms with Gasteiger partial charge in [0.25, 0.3) is 0 Å². The number of aromatic carboxylic acids is 1. The number of ether oxygens (including phenoxy) is 1. The van der Waals surface area contributed by atoms with Crippen LogP contribution in [0.1, 0.15) is 15.9 Å². The topological polar surface area (TPSA) is 46.5 Å². The molecule has 0 spiro atoms. The molecule has 0 saturated carbocycles. The zero-order chi connectivity index (χ0) is 15.6. The number of carbonyl (C=O) groups is 1. The van der Waals surface area contributed by atoms with E-state index in [0.29, 0.717) is 16.7 Å². The van der Waals surface area contributed by atoms with E-state index < -0.39 is 12.3 Å². The SMILES string of the molecule is Cc1ccc(-c2ccc(OC(F)(F)F)cc2)cc1C(=O)O. The van der Waals surface area contributed by atoms with E-state index in [1.54, 1.807) is 19.1 Å². The number of carboxylic acid groups (broad SMARTS) is 1. The van der Waals surface area contributed by atoms with Gasteiger partial charge in [0.05, 0.1) is 5.56 Å². The Bertz CT molecular complexity index is 661. The summed E-state index contributed by atoms with van der Waals surface area (Å²) in [5.74, 6) is -1.37. The van der Waals surface area contributed by atoms with Gasteiger partial charge in [0, 0.05) is 0 Å². The lowest BCUT2D eigenvalue weighted by atomic mass is 10.00. The Labute approximate surface area is 118 Å². The molecule has 3 nitrogen and oxygen atoms in total. The van der Waals surface area contributed by atoms with Crippen molar-refractivity contribution in [3.8, 4) is 16.9 Å². The second-order valence-electron chi connectivity index (χ2n) is 4.41. The van der Waals surface area contributed by atoms with Crippen molar-refractivity contribution in [1.29, 1.82) is 0 Å². The molecule has 0 fully saturated rings. The number of carboxylic acids is 1. The van der Waals surface area contributed by atoms with Crippen LogP contribution in [0.4, 0.5) is 13.2 Å². The number of rotatable bonds is 3. The molecule has 0 unspecified atom stereocenters. The van der Waals surface area contributed by atoms with E-state index in [4.69, 9.17) is 5.11 Å². The molecule has 0 bridgehead atoms. The van der Waals surface area contributed by atoms with E-state index in [0.717, 1.165) is 0 Å². The van der Waals surface area contributed by atoms with Gasteiger partial charge in [-0.05, 0) is 41.8 Å². The highest BCUT2D eigenvalue weighted by Crippen LogP contribution is 2.27. The van der Waals surface area contributed by atoms with Crippen molar-refractivity contribution in [3.05, 3.63) is 53.6 Å². The summed E-state index contributed by atoms with van der Waals surface area (Å²) in [5, 5.41) is 9.06. The van der Waals surface area contributed by atoms with Crippen LogP contribution < -0.4 is 4.74 Å². The average molecular weight is 296 g/mol. The fourth-order valence-electron chi connectivity index (χ4n) is 1.88. The minimum absolute atomic E-state index is 0.156. The van der Waals surface area contributed by atoms with Crippen LogP contribution in [-0.4, -0.2) is 17.4 Å². The zero-order valence-corrected chi connectivity index (χ0v) is 10.9. The first-order valence-corrected chi connectivity index (χ1v) is 5.96. The highest BCUT2D eigenvalue weighted by Gasteiger charge is 2.30. The van der Waals surface area contributed by atoms with Crippen LogP contribution >= 0.6 is 0 Å². The molecule has 0 aliphatic rings. The van der Waals surface area contributed by atoms with E-state index >= 15 is 0 Å². The van der Waals surface area contributed by atoms with Gasteiger partial charge in [-0.15, -0.1) is 13.2 Å². The normalized spacial score (nSPS) is 11.2. The predicted octanol–water partition coefficient (Wildman–Crippen LogP) is 4.26. The molecule has 0 amide bonds. The van der Waals surface area contributed by atoms with Crippen LogP contribution in [0.3, 0.4) is 0 Å². The molecular formula is C15H11F3O3. The summed E-state index contributed by atoms with van der Waals surface area (Å²) in [4.78, 5) is 11.1. The van der Waals surface area contributed by atoms with Crippen molar-refractivity contribution in [1.82, 2.24) is 0 Å². The third kappa shape index (κ3) is 3.75. The summed E-state index contributed by atoms with van der Waals surface area (Å²) < 4.78 is 40.0. The molecule has 0 heterocycles. The Balaban J connectivity index is 2.31. The molecule has 2 aromatic carbocycles. The largest absolute Gasteiger partial charge is 0.573 e. The molecule has 1 N–H and O–H groups in total. The van der Waals surface area contributed by atoms with Gasteiger partial charge in [-0.3, -0.25) is 0 Å². The van der Waals surface area contributed by atoms with Gasteiger partial charge in [0.1, 0.15) is 5.75 Å². The minimum atomic E-state index is -4.73. The Morgan fingerprint density at radius 2 is 1.62 bits per heavy atom. The second-order valence-corrected chi connectivity index (χ2v) is 4.41. The predicted molar refractivity (Wildman–Crippen MR) is 70.3 cm³/mol. The van der Waals surface area contributed by atoms with Crippen LogP contribution in [0.5, 0.6) is 5.75 Å². The number of halogens is 3. The van der Waals surface area contributed by atoms with E-state index in [1.807, 2.05) is 0 Å². The maximum atomic E-state index is 12.1. The maximum Gasteiger partial charge on any atom is 0.573 e. The number of aryl methyl sites for hydroxylation is 1. The fourth-order valence-corrected chi connectivity index (χ4v) is 1.88. The van der Waals surface area contributed by atoms with Crippen LogP contribution in [0.2, 0.25) is 0 Å². The third-order valence-corrected chi connectivity index (χ3v) is 2.89. The molecule has 0 saturated heterocycles. The van der Waals surface area contributed by atoms with E-state index in [-0.39, 0.29) is 11.3 Å². The highest BCUT2D eigenvalue weighted by atomic mass is 19.4. The third-order valence-electron chi connectivity index (χ3n) is 2.89. The summed E-state index contributed by atoms with van der Waals surface area (Å²) in [5.41, 5.74) is 1.98. The molecule has 0 aliphatic carbocycles. The molecule has 6 heteroatoms. The fraction of sp³-hybridized carbons (Fsp3) is 0.133. The molecule has 0 aromatic heterocycles. The Hall–Kier alpha value is -2.50. The molecule has 2 rings (SSSR count). The van der Waals surface area contributed by atoms with Gasteiger partial charge in [-0.1, -0.05) is 24.3 Å². The van der Waals surface area contributed by atoms with Gasteiger partial charge >= 0.3 is 12.3 Å². The van der Waals surface area contributed by atoms with Crippen LogP contribution in [-0.2, 0) is 0 Å². The van der Waals surface area contributed by atoms with Crippen molar-refractivity contribution in [3.63, 3.8) is 0 Å². The maximum absolute atomic E-state index is 12.1. The number of benzene rings is 2. The first-order chi connectivity index (χ1) is 9.76. The molecule has 110 valence electrons. The standard InChI is InChI=1S/C15H11F3O3/c1-9-2-3-11(8-13(9)14(19)20)10-4-6-12(7-5-10)21-15(16,17)18/h2-8H,1H3,(H,19,20). The van der Waals surface area contributed by atoms with Crippen molar-refractivity contribution in [2.45, 2.75) is 13.3 Å². The summed E-state index contributed by atoms with van der Waals surface area (Å²) in [7, 11) is 0. The first-order valence-electron chi connectivity index (χ1n) is 5.96. The van der Waals surface area contributed by atoms with E-state index in [2.05, 4.69) is 4.74 Å². The average Bonchev–Trinajstić information content (AvgIpc) is 2.38. The van der Waals surface area contributed by atoms with Crippen molar-refractivity contribution < 1.29 is 27.8 Å². The Kier molecular flexibility index (Phi) is 3.88. The number of alkyl halides is 3. The Morgan fingerprint density at radius 3 is 2.14 bits per heavy atom. The summed E-state index contributed by atoms with van der Waals surface area (Å²) in [6.07, 6.45) is -4.73. The van der Waals surface area contributed by atoms with Crippen LogP contribution in [0.15, 0.2) is 42.5 Å². The Morgan fingerprint density at radius 1 is 1.05 bits per heavy atom. The van der Waals surface area contributed by atoms with Gasteiger partial charge in [-0.2, -0.15) is 0 Å². The van der Waals surface area contributed by atoms with E-state index in [1.165, 1.54) is 30.3 Å². The zero-order valence-electron chi connectivity index (χ0n) is 10.9. The highest BCUT2D eigenvalue weighted by molar-refractivity contribution is 5.91. The first kappa shape index (κ1) is 14.9. The molecule has 0 aliphatic heterocycles. The van der Waals surface area contributed by atoms with Crippen molar-refractivity contribution >= 4 is 5.97 Å². The van der Waals surface area contributed by atoms with Gasteiger partial charge in [0.2, 0.25) is 0 Å². The lowest BCUT2D eigenvalue weighted by molar-refractivity contribution is -0.274. The molecule has 2 aromatic rings. The minimum Gasteiger partial charge on any atom is -0.478 e. The smallest absolute Gasteiger partial charge is 0.478 e. The lowest BCUT2D eigenvalue weighted by Crippen LogP contribution is -2.16. The van der Waals surface area contributed by atoms with Crippen LogP contribution in [0.25, 0.3) is 11.1 Å². The van der Waals surface area contributed by atoms with Gasteiger partial charge < -0.3 is 9.84 Å². The van der Waals surface area contributed by atoms with Crippen molar-refractivity contribution in [2.75, 3.05) is 0 Å². The second kappa shape index (κ2) is 5.47. The van der Waals surface area contributed by atoms with Gasteiger partial charge in [-0.25, -0.2) is 4.79 Å². The summed E-state index contributed by atoms with van der Waals surface area (Å²) in [6, 6.07) is 10.1. The van der Waals surface area contributed by atoms with Crippen LogP contribution in [0, 0.1) is 6.92 Å². The molecular weight excluding hydrogens is 285 g/mol. The number of hydrogen-bond acceptors (Lipinski definition) is 2. The molecule has 21 heavy (non-hydrogen) atoms. The van der Waals surface area contributed by atoms with E-state index in [9.17, 15) is 18.0 Å². The quantitative estimate of drug-likeness (QED) is 0.920.